The van der Waals surface area contributed by atoms with Gasteiger partial charge in [0.1, 0.15) is 5.75 Å². The topological polar surface area (TPSA) is 47.4 Å². The maximum Gasteiger partial charge on any atom is 0.247 e. The van der Waals surface area contributed by atoms with Crippen LogP contribution in [0.5, 0.6) is 5.75 Å². The summed E-state index contributed by atoms with van der Waals surface area (Å²) in [7, 11) is 1.66. The SMILES string of the molecule is COc1cccc(C2CCCN2C(=O)/C=C/c2cnn(-c3ccccc3)c2)c1. The highest BCUT2D eigenvalue weighted by Crippen LogP contribution is 2.33. The number of likely N-dealkylation sites (tertiary alicyclic amines) is 1. The number of benzene rings is 2. The van der Waals surface area contributed by atoms with E-state index >= 15 is 0 Å². The highest BCUT2D eigenvalue weighted by atomic mass is 16.5. The lowest BCUT2D eigenvalue weighted by Crippen LogP contribution is -2.28. The van der Waals surface area contributed by atoms with E-state index in [1.54, 1.807) is 24.1 Å². The molecule has 2 aromatic carbocycles. The van der Waals surface area contributed by atoms with Crippen molar-refractivity contribution in [1.82, 2.24) is 14.7 Å². The second-order valence-corrected chi connectivity index (χ2v) is 6.85. The first-order valence-electron chi connectivity index (χ1n) is 9.47. The third-order valence-electron chi connectivity index (χ3n) is 5.06. The normalized spacial score (nSPS) is 16.6. The zero-order chi connectivity index (χ0) is 19.3. The van der Waals surface area contributed by atoms with E-state index in [1.807, 2.05) is 65.7 Å². The van der Waals surface area contributed by atoms with Crippen LogP contribution in [0.1, 0.15) is 30.0 Å². The van der Waals surface area contributed by atoms with Crippen LogP contribution in [0.3, 0.4) is 0 Å². The molecule has 0 spiro atoms. The Morgan fingerprint density at radius 3 is 2.86 bits per heavy atom. The standard InChI is InChI=1S/C23H23N3O2/c1-28-21-10-5-7-19(15-21)22-11-6-14-25(22)23(27)13-12-18-16-24-26(17-18)20-8-3-2-4-9-20/h2-5,7-10,12-13,15-17,22H,6,11,14H2,1H3/b13-12+. The largest absolute Gasteiger partial charge is 0.497 e. The number of hydrogen-bond acceptors (Lipinski definition) is 3. The van der Waals surface area contributed by atoms with E-state index in [-0.39, 0.29) is 11.9 Å². The molecule has 1 fully saturated rings. The Hall–Kier alpha value is -3.34. The fourth-order valence-electron chi connectivity index (χ4n) is 3.63. The molecule has 1 aromatic heterocycles. The third-order valence-corrected chi connectivity index (χ3v) is 5.06. The molecule has 28 heavy (non-hydrogen) atoms. The molecule has 0 radical (unpaired) electrons. The van der Waals surface area contributed by atoms with Crippen molar-refractivity contribution in [2.75, 3.05) is 13.7 Å². The smallest absolute Gasteiger partial charge is 0.247 e. The monoisotopic (exact) mass is 373 g/mol. The predicted molar refractivity (Wildman–Crippen MR) is 109 cm³/mol. The van der Waals surface area contributed by atoms with Crippen LogP contribution in [-0.4, -0.2) is 34.2 Å². The Balaban J connectivity index is 1.47. The van der Waals surface area contributed by atoms with Gasteiger partial charge in [-0.2, -0.15) is 5.10 Å². The van der Waals surface area contributed by atoms with Gasteiger partial charge in [-0.15, -0.1) is 0 Å². The molecule has 1 amide bonds. The van der Waals surface area contributed by atoms with Crippen LogP contribution in [0, 0.1) is 0 Å². The van der Waals surface area contributed by atoms with Crippen LogP contribution in [0.25, 0.3) is 11.8 Å². The molecule has 0 aliphatic carbocycles. The van der Waals surface area contributed by atoms with Gasteiger partial charge in [-0.25, -0.2) is 4.68 Å². The fourth-order valence-corrected chi connectivity index (χ4v) is 3.63. The Morgan fingerprint density at radius 2 is 2.04 bits per heavy atom. The summed E-state index contributed by atoms with van der Waals surface area (Å²) in [6.45, 7) is 0.772. The van der Waals surface area contributed by atoms with E-state index < -0.39 is 0 Å². The van der Waals surface area contributed by atoms with Gasteiger partial charge in [0, 0.05) is 24.4 Å². The van der Waals surface area contributed by atoms with E-state index in [9.17, 15) is 4.79 Å². The van der Waals surface area contributed by atoms with Crippen molar-refractivity contribution in [2.24, 2.45) is 0 Å². The van der Waals surface area contributed by atoms with E-state index in [0.29, 0.717) is 0 Å². The van der Waals surface area contributed by atoms with Gasteiger partial charge in [-0.3, -0.25) is 4.79 Å². The molecule has 5 heteroatoms. The molecular formula is C23H23N3O2. The number of carbonyl (C=O) groups is 1. The molecule has 2 heterocycles. The Morgan fingerprint density at radius 1 is 1.18 bits per heavy atom. The number of para-hydroxylation sites is 1. The summed E-state index contributed by atoms with van der Waals surface area (Å²) in [5, 5.41) is 4.37. The van der Waals surface area contributed by atoms with Crippen molar-refractivity contribution in [2.45, 2.75) is 18.9 Å². The van der Waals surface area contributed by atoms with Gasteiger partial charge in [0.2, 0.25) is 5.91 Å². The van der Waals surface area contributed by atoms with Gasteiger partial charge in [-0.1, -0.05) is 30.3 Å². The van der Waals surface area contributed by atoms with Crippen LogP contribution in [0.15, 0.2) is 73.1 Å². The van der Waals surface area contributed by atoms with Crippen LogP contribution < -0.4 is 4.74 Å². The Kier molecular flexibility index (Phi) is 5.24. The maximum atomic E-state index is 12.8. The summed E-state index contributed by atoms with van der Waals surface area (Å²) in [5.74, 6) is 0.846. The second-order valence-electron chi connectivity index (χ2n) is 6.85. The van der Waals surface area contributed by atoms with E-state index in [4.69, 9.17) is 4.74 Å². The van der Waals surface area contributed by atoms with Crippen molar-refractivity contribution in [3.05, 3.63) is 84.2 Å². The summed E-state index contributed by atoms with van der Waals surface area (Å²) in [6.07, 6.45) is 9.13. The average molecular weight is 373 g/mol. The van der Waals surface area contributed by atoms with Gasteiger partial charge in [-0.05, 0) is 48.7 Å². The van der Waals surface area contributed by atoms with Gasteiger partial charge in [0.15, 0.2) is 0 Å². The van der Waals surface area contributed by atoms with Crippen molar-refractivity contribution < 1.29 is 9.53 Å². The highest BCUT2D eigenvalue weighted by Gasteiger charge is 2.28. The predicted octanol–water partition coefficient (Wildman–Crippen LogP) is 4.26. The summed E-state index contributed by atoms with van der Waals surface area (Å²) < 4.78 is 7.13. The fraction of sp³-hybridized carbons (Fsp3) is 0.217. The molecule has 0 saturated carbocycles. The molecule has 3 aromatic rings. The highest BCUT2D eigenvalue weighted by molar-refractivity contribution is 5.92. The Labute approximate surface area is 164 Å². The number of amides is 1. The van der Waals surface area contributed by atoms with Crippen LogP contribution in [0.4, 0.5) is 0 Å². The Bertz CT molecular complexity index is 978. The number of carbonyl (C=O) groups excluding carboxylic acids is 1. The average Bonchev–Trinajstić information content (AvgIpc) is 3.42. The van der Waals surface area contributed by atoms with Gasteiger partial charge >= 0.3 is 0 Å². The maximum absolute atomic E-state index is 12.8. The van der Waals surface area contributed by atoms with Gasteiger partial charge < -0.3 is 9.64 Å². The second kappa shape index (κ2) is 8.13. The molecule has 5 nitrogen and oxygen atoms in total. The molecular weight excluding hydrogens is 350 g/mol. The number of nitrogens with zero attached hydrogens (tertiary/aromatic N) is 3. The summed E-state index contributed by atoms with van der Waals surface area (Å²) >= 11 is 0. The first-order valence-corrected chi connectivity index (χ1v) is 9.47. The molecule has 1 saturated heterocycles. The summed E-state index contributed by atoms with van der Waals surface area (Å²) in [4.78, 5) is 14.8. The third kappa shape index (κ3) is 3.83. The van der Waals surface area contributed by atoms with Crippen molar-refractivity contribution in [1.29, 1.82) is 0 Å². The minimum Gasteiger partial charge on any atom is -0.497 e. The van der Waals surface area contributed by atoms with Gasteiger partial charge in [0.05, 0.1) is 25.0 Å². The number of methoxy groups -OCH3 is 1. The van der Waals surface area contributed by atoms with Gasteiger partial charge in [0.25, 0.3) is 0 Å². The number of hydrogen-bond donors (Lipinski definition) is 0. The lowest BCUT2D eigenvalue weighted by Gasteiger charge is -2.24. The first kappa shape index (κ1) is 18.0. The number of ether oxygens (including phenoxy) is 1. The lowest BCUT2D eigenvalue weighted by atomic mass is 10.0. The molecule has 1 aliphatic heterocycles. The number of rotatable bonds is 5. The van der Waals surface area contributed by atoms with Crippen LogP contribution >= 0.6 is 0 Å². The minimum atomic E-state index is 0.0257. The van der Waals surface area contributed by atoms with Crippen LogP contribution in [0.2, 0.25) is 0 Å². The van der Waals surface area contributed by atoms with Crippen molar-refractivity contribution in [3.8, 4) is 11.4 Å². The number of aromatic nitrogens is 2. The molecule has 0 N–H and O–H groups in total. The molecule has 1 atom stereocenters. The zero-order valence-electron chi connectivity index (χ0n) is 15.9. The van der Waals surface area contributed by atoms with E-state index in [0.717, 1.165) is 42.0 Å². The van der Waals surface area contributed by atoms with E-state index in [2.05, 4.69) is 11.2 Å². The molecule has 0 bridgehead atoms. The molecule has 1 unspecified atom stereocenters. The summed E-state index contributed by atoms with van der Waals surface area (Å²) in [5.41, 5.74) is 3.01. The zero-order valence-corrected chi connectivity index (χ0v) is 15.9. The van der Waals surface area contributed by atoms with Crippen molar-refractivity contribution >= 4 is 12.0 Å². The molecule has 1 aliphatic rings. The van der Waals surface area contributed by atoms with E-state index in [1.165, 1.54) is 0 Å². The molecule has 4 rings (SSSR count). The van der Waals surface area contributed by atoms with Crippen LogP contribution in [-0.2, 0) is 4.79 Å². The first-order chi connectivity index (χ1) is 13.7. The summed E-state index contributed by atoms with van der Waals surface area (Å²) in [6, 6.07) is 18.0. The molecule has 142 valence electrons. The minimum absolute atomic E-state index is 0.0257. The lowest BCUT2D eigenvalue weighted by molar-refractivity contribution is -0.126. The van der Waals surface area contributed by atoms with Crippen molar-refractivity contribution in [3.63, 3.8) is 0 Å². The quantitative estimate of drug-likeness (QED) is 0.628.